The fourth-order valence-corrected chi connectivity index (χ4v) is 4.19. The number of rotatable bonds is 6. The van der Waals surface area contributed by atoms with Gasteiger partial charge in [-0.25, -0.2) is 14.2 Å². The average Bonchev–Trinajstić information content (AvgIpc) is 3.46. The number of H-pyrrole nitrogens is 1. The Labute approximate surface area is 226 Å². The zero-order chi connectivity index (χ0) is 28.3. The first-order valence-electron chi connectivity index (χ1n) is 12.3. The summed E-state index contributed by atoms with van der Waals surface area (Å²) in [6.45, 7) is 2.48. The normalized spacial score (nSPS) is 14.2. The standard InChI is InChI=1S/C27H25F4N7O2/c1-37-7-9-38(10-8-37)20-12-18(27(29,30)31)11-19(13-20)34-26(39)36-24-14-21(5-6-22(24)28)40-25-4-2-3-23(35-25)17-15-32-33-16-17/h2-6,11-16H,7-10H2,1H3,(H,32,33)(H2,34,36,39). The summed E-state index contributed by atoms with van der Waals surface area (Å²) in [5, 5.41) is 11.3. The zero-order valence-electron chi connectivity index (χ0n) is 21.3. The van der Waals surface area contributed by atoms with Crippen LogP contribution in [0.4, 0.5) is 39.4 Å². The Bertz CT molecular complexity index is 1490. The molecule has 0 radical (unpaired) electrons. The molecule has 13 heteroatoms. The minimum absolute atomic E-state index is 0.0747. The van der Waals surface area contributed by atoms with Crippen molar-refractivity contribution in [3.05, 3.63) is 78.4 Å². The summed E-state index contributed by atoms with van der Waals surface area (Å²) < 4.78 is 61.1. The lowest BCUT2D eigenvalue weighted by Crippen LogP contribution is -2.44. The van der Waals surface area contributed by atoms with Crippen molar-refractivity contribution < 1.29 is 27.1 Å². The third-order valence-corrected chi connectivity index (χ3v) is 6.30. The molecule has 9 nitrogen and oxygen atoms in total. The second-order valence-electron chi connectivity index (χ2n) is 9.23. The molecule has 1 aliphatic heterocycles. The van der Waals surface area contributed by atoms with Crippen molar-refractivity contribution in [2.75, 3.05) is 48.8 Å². The highest BCUT2D eigenvalue weighted by molar-refractivity contribution is 6.00. The van der Waals surface area contributed by atoms with Gasteiger partial charge in [0.25, 0.3) is 0 Å². The van der Waals surface area contributed by atoms with E-state index in [0.717, 1.165) is 23.8 Å². The van der Waals surface area contributed by atoms with Gasteiger partial charge in [-0.2, -0.15) is 18.3 Å². The minimum atomic E-state index is -4.61. The number of likely N-dealkylation sites (N-methyl/N-ethyl adjacent to an activating group) is 1. The number of halogens is 4. The second kappa shape index (κ2) is 11.2. The molecule has 5 rings (SSSR count). The number of nitrogens with zero attached hydrogens (tertiary/aromatic N) is 4. The Kier molecular flexibility index (Phi) is 7.56. The average molecular weight is 556 g/mol. The Balaban J connectivity index is 1.31. The highest BCUT2D eigenvalue weighted by Gasteiger charge is 2.32. The van der Waals surface area contributed by atoms with Crippen LogP contribution in [-0.2, 0) is 6.18 Å². The number of ether oxygens (including phenoxy) is 1. The van der Waals surface area contributed by atoms with Crippen LogP contribution in [0, 0.1) is 5.82 Å². The number of benzene rings is 2. The van der Waals surface area contributed by atoms with Crippen LogP contribution in [0.15, 0.2) is 67.0 Å². The van der Waals surface area contributed by atoms with E-state index in [-0.39, 0.29) is 23.0 Å². The number of urea groups is 1. The molecule has 208 valence electrons. The molecular weight excluding hydrogens is 530 g/mol. The zero-order valence-corrected chi connectivity index (χ0v) is 21.3. The molecule has 1 aliphatic rings. The molecule has 4 aromatic rings. The maximum absolute atomic E-state index is 14.5. The molecule has 0 aliphatic carbocycles. The maximum atomic E-state index is 14.5. The van der Waals surface area contributed by atoms with Crippen molar-refractivity contribution in [3.63, 3.8) is 0 Å². The Morgan fingerprint density at radius 3 is 2.55 bits per heavy atom. The lowest BCUT2D eigenvalue weighted by Gasteiger charge is -2.34. The first kappa shape index (κ1) is 26.9. The van der Waals surface area contributed by atoms with Crippen LogP contribution in [0.25, 0.3) is 11.3 Å². The van der Waals surface area contributed by atoms with E-state index >= 15 is 0 Å². The van der Waals surface area contributed by atoms with E-state index in [9.17, 15) is 22.4 Å². The predicted molar refractivity (Wildman–Crippen MR) is 142 cm³/mol. The van der Waals surface area contributed by atoms with E-state index in [1.165, 1.54) is 18.2 Å². The van der Waals surface area contributed by atoms with Crippen LogP contribution in [0.5, 0.6) is 11.6 Å². The van der Waals surface area contributed by atoms with Crippen LogP contribution in [0.3, 0.4) is 0 Å². The molecule has 40 heavy (non-hydrogen) atoms. The molecular formula is C27H25F4N7O2. The molecule has 0 bridgehead atoms. The van der Waals surface area contributed by atoms with Gasteiger partial charge in [0.2, 0.25) is 5.88 Å². The van der Waals surface area contributed by atoms with E-state index in [1.807, 2.05) is 11.9 Å². The molecule has 2 aromatic heterocycles. The first-order valence-corrected chi connectivity index (χ1v) is 12.3. The van der Waals surface area contributed by atoms with Crippen LogP contribution in [0.1, 0.15) is 5.56 Å². The summed E-state index contributed by atoms with van der Waals surface area (Å²) >= 11 is 0. The molecule has 1 saturated heterocycles. The number of anilines is 3. The van der Waals surface area contributed by atoms with Crippen molar-refractivity contribution >= 4 is 23.1 Å². The molecule has 2 aromatic carbocycles. The molecule has 0 saturated carbocycles. The number of nitrogens with one attached hydrogen (secondary N) is 3. The van der Waals surface area contributed by atoms with Crippen LogP contribution < -0.4 is 20.3 Å². The van der Waals surface area contributed by atoms with Crippen molar-refractivity contribution in [2.24, 2.45) is 0 Å². The van der Waals surface area contributed by atoms with Gasteiger partial charge >= 0.3 is 12.2 Å². The van der Waals surface area contributed by atoms with E-state index < -0.39 is 23.6 Å². The molecule has 1 fully saturated rings. The Morgan fingerprint density at radius 2 is 1.82 bits per heavy atom. The molecule has 0 spiro atoms. The number of aromatic amines is 1. The number of alkyl halides is 3. The molecule has 0 unspecified atom stereocenters. The second-order valence-corrected chi connectivity index (χ2v) is 9.23. The van der Waals surface area contributed by atoms with Crippen LogP contribution >= 0.6 is 0 Å². The highest BCUT2D eigenvalue weighted by Crippen LogP contribution is 2.35. The van der Waals surface area contributed by atoms with Gasteiger partial charge in [0.15, 0.2) is 0 Å². The van der Waals surface area contributed by atoms with Crippen molar-refractivity contribution in [1.29, 1.82) is 0 Å². The fourth-order valence-electron chi connectivity index (χ4n) is 4.19. The number of pyridine rings is 1. The van der Waals surface area contributed by atoms with Gasteiger partial charge in [-0.1, -0.05) is 6.07 Å². The van der Waals surface area contributed by atoms with Gasteiger partial charge in [-0.15, -0.1) is 0 Å². The van der Waals surface area contributed by atoms with Gasteiger partial charge in [-0.05, 0) is 43.4 Å². The smallest absolute Gasteiger partial charge is 0.416 e. The van der Waals surface area contributed by atoms with Gasteiger partial charge in [0.1, 0.15) is 11.6 Å². The Hall–Kier alpha value is -4.65. The lowest BCUT2D eigenvalue weighted by atomic mass is 10.1. The number of hydrogen-bond donors (Lipinski definition) is 3. The monoisotopic (exact) mass is 555 g/mol. The van der Waals surface area contributed by atoms with Crippen LogP contribution in [-0.4, -0.2) is 59.3 Å². The van der Waals surface area contributed by atoms with Gasteiger partial charge in [-0.3, -0.25) is 5.10 Å². The van der Waals surface area contributed by atoms with Gasteiger partial charge in [0.05, 0.1) is 23.1 Å². The number of carbonyl (C=O) groups is 1. The SMILES string of the molecule is CN1CCN(c2cc(NC(=O)Nc3cc(Oc4cccc(-c5cn[nH]c5)n4)ccc3F)cc(C(F)(F)F)c2)CC1. The third-order valence-electron chi connectivity index (χ3n) is 6.30. The van der Waals surface area contributed by atoms with Crippen molar-refractivity contribution in [2.45, 2.75) is 6.18 Å². The number of carbonyl (C=O) groups excluding carboxylic acids is 1. The summed E-state index contributed by atoms with van der Waals surface area (Å²) in [6.07, 6.45) is -1.34. The fraction of sp³-hybridized carbons (Fsp3) is 0.222. The van der Waals surface area contributed by atoms with Gasteiger partial charge in [0, 0.05) is 61.4 Å². The largest absolute Gasteiger partial charge is 0.439 e. The number of hydrogen-bond acceptors (Lipinski definition) is 6. The van der Waals surface area contributed by atoms with E-state index in [4.69, 9.17) is 4.74 Å². The first-order chi connectivity index (χ1) is 19.1. The van der Waals surface area contributed by atoms with E-state index in [0.29, 0.717) is 37.6 Å². The summed E-state index contributed by atoms with van der Waals surface area (Å²) in [6, 6.07) is 11.3. The molecule has 3 heterocycles. The van der Waals surface area contributed by atoms with E-state index in [2.05, 4.69) is 30.7 Å². The quantitative estimate of drug-likeness (QED) is 0.260. The summed E-state index contributed by atoms with van der Waals surface area (Å²) in [5.74, 6) is -0.351. The van der Waals surface area contributed by atoms with Crippen molar-refractivity contribution in [3.8, 4) is 22.9 Å². The van der Waals surface area contributed by atoms with Crippen molar-refractivity contribution in [1.82, 2.24) is 20.1 Å². The Morgan fingerprint density at radius 1 is 1.02 bits per heavy atom. The molecule has 3 N–H and O–H groups in total. The summed E-state index contributed by atoms with van der Waals surface area (Å²) in [5.41, 5.74) is 0.481. The maximum Gasteiger partial charge on any atom is 0.416 e. The third kappa shape index (κ3) is 6.49. The minimum Gasteiger partial charge on any atom is -0.439 e. The highest BCUT2D eigenvalue weighted by atomic mass is 19.4. The number of aromatic nitrogens is 3. The predicted octanol–water partition coefficient (Wildman–Crippen LogP) is 5.82. The molecule has 0 atom stereocenters. The lowest BCUT2D eigenvalue weighted by molar-refractivity contribution is -0.137. The van der Waals surface area contributed by atoms with Crippen LogP contribution in [0.2, 0.25) is 0 Å². The summed E-state index contributed by atoms with van der Waals surface area (Å²) in [4.78, 5) is 21.0. The van der Waals surface area contributed by atoms with Gasteiger partial charge < -0.3 is 25.2 Å². The topological polar surface area (TPSA) is 98.4 Å². The summed E-state index contributed by atoms with van der Waals surface area (Å²) in [7, 11) is 1.94. The number of piperazine rings is 1. The molecule has 2 amide bonds. The number of amides is 2. The van der Waals surface area contributed by atoms with E-state index in [1.54, 1.807) is 30.6 Å².